The Balaban J connectivity index is 1.73. The Morgan fingerprint density at radius 2 is 1.65 bits per heavy atom. The third-order valence-corrected chi connectivity index (χ3v) is 3.80. The fourth-order valence-corrected chi connectivity index (χ4v) is 2.78. The first kappa shape index (κ1) is 12.4. The summed E-state index contributed by atoms with van der Waals surface area (Å²) in [6, 6.07) is 0. The van der Waals surface area contributed by atoms with Crippen LogP contribution in [0.15, 0.2) is 0 Å². The summed E-state index contributed by atoms with van der Waals surface area (Å²) in [6.07, 6.45) is 4.48. The Labute approximate surface area is 101 Å². The van der Waals surface area contributed by atoms with Gasteiger partial charge in [-0.2, -0.15) is 0 Å². The highest BCUT2D eigenvalue weighted by Gasteiger charge is 2.27. The molecule has 2 saturated heterocycles. The molecule has 2 aliphatic rings. The lowest BCUT2D eigenvalue weighted by Gasteiger charge is -2.32. The summed E-state index contributed by atoms with van der Waals surface area (Å²) in [5.41, 5.74) is 0. The molecular weight excluding hydrogens is 220 g/mol. The van der Waals surface area contributed by atoms with Gasteiger partial charge in [-0.05, 0) is 44.7 Å². The summed E-state index contributed by atoms with van der Waals surface area (Å²) < 4.78 is 0. The second-order valence-corrected chi connectivity index (χ2v) is 5.05. The predicted octanol–water partition coefficient (Wildman–Crippen LogP) is 0.405. The van der Waals surface area contributed by atoms with Crippen LogP contribution in [-0.4, -0.2) is 59.5 Å². The van der Waals surface area contributed by atoms with E-state index in [4.69, 9.17) is 5.11 Å². The highest BCUT2D eigenvalue weighted by Crippen LogP contribution is 2.20. The van der Waals surface area contributed by atoms with Crippen molar-refractivity contribution in [1.29, 1.82) is 0 Å². The van der Waals surface area contributed by atoms with E-state index in [0.717, 1.165) is 19.4 Å². The van der Waals surface area contributed by atoms with Gasteiger partial charge in [0.1, 0.15) is 0 Å². The minimum Gasteiger partial charge on any atom is -0.474 e. The van der Waals surface area contributed by atoms with Gasteiger partial charge >= 0.3 is 11.9 Å². The standard InChI is InChI=1S/C12H20N2O3/c15-11(12(16)17)14-7-3-10(4-8-14)9-13-5-1-2-6-13/h10H,1-9H2,(H,16,17). The highest BCUT2D eigenvalue weighted by molar-refractivity contribution is 6.31. The summed E-state index contributed by atoms with van der Waals surface area (Å²) in [5, 5.41) is 8.63. The van der Waals surface area contributed by atoms with Gasteiger partial charge < -0.3 is 14.9 Å². The first-order valence-corrected chi connectivity index (χ1v) is 6.41. The molecular formula is C12H20N2O3. The zero-order chi connectivity index (χ0) is 12.3. The average Bonchev–Trinajstić information content (AvgIpc) is 2.82. The molecule has 2 fully saturated rings. The van der Waals surface area contributed by atoms with Crippen LogP contribution in [0.5, 0.6) is 0 Å². The number of likely N-dealkylation sites (tertiary alicyclic amines) is 2. The van der Waals surface area contributed by atoms with Gasteiger partial charge in [0.05, 0.1) is 0 Å². The number of hydrogen-bond donors (Lipinski definition) is 1. The number of amides is 1. The van der Waals surface area contributed by atoms with Crippen LogP contribution >= 0.6 is 0 Å². The number of nitrogens with zero attached hydrogens (tertiary/aromatic N) is 2. The van der Waals surface area contributed by atoms with Gasteiger partial charge in [0.25, 0.3) is 0 Å². The van der Waals surface area contributed by atoms with Crippen molar-refractivity contribution >= 4 is 11.9 Å². The zero-order valence-electron chi connectivity index (χ0n) is 10.1. The number of rotatable bonds is 2. The molecule has 0 spiro atoms. The SMILES string of the molecule is O=C(O)C(=O)N1CCC(CN2CCCC2)CC1. The van der Waals surface area contributed by atoms with Crippen LogP contribution in [0.1, 0.15) is 25.7 Å². The molecule has 0 aliphatic carbocycles. The Morgan fingerprint density at radius 3 is 2.18 bits per heavy atom. The average molecular weight is 240 g/mol. The van der Waals surface area contributed by atoms with Gasteiger partial charge in [-0.3, -0.25) is 4.79 Å². The smallest absolute Gasteiger partial charge is 0.394 e. The summed E-state index contributed by atoms with van der Waals surface area (Å²) in [5.74, 6) is -1.45. The van der Waals surface area contributed by atoms with Crippen molar-refractivity contribution in [3.8, 4) is 0 Å². The van der Waals surface area contributed by atoms with Crippen LogP contribution in [-0.2, 0) is 9.59 Å². The Kier molecular flexibility index (Phi) is 3.99. The highest BCUT2D eigenvalue weighted by atomic mass is 16.4. The van der Waals surface area contributed by atoms with Crippen molar-refractivity contribution in [1.82, 2.24) is 9.80 Å². The van der Waals surface area contributed by atoms with Gasteiger partial charge in [0.2, 0.25) is 0 Å². The summed E-state index contributed by atoms with van der Waals surface area (Å²) >= 11 is 0. The first-order chi connectivity index (χ1) is 8.16. The molecule has 17 heavy (non-hydrogen) atoms. The number of carboxylic acids is 1. The van der Waals surface area contributed by atoms with E-state index in [1.165, 1.54) is 30.8 Å². The van der Waals surface area contributed by atoms with E-state index in [-0.39, 0.29) is 0 Å². The monoisotopic (exact) mass is 240 g/mol. The molecule has 1 amide bonds. The maximum atomic E-state index is 11.3. The first-order valence-electron chi connectivity index (χ1n) is 6.41. The zero-order valence-corrected chi connectivity index (χ0v) is 10.1. The van der Waals surface area contributed by atoms with E-state index in [9.17, 15) is 9.59 Å². The summed E-state index contributed by atoms with van der Waals surface area (Å²) in [4.78, 5) is 25.8. The maximum absolute atomic E-state index is 11.3. The van der Waals surface area contributed by atoms with Crippen LogP contribution < -0.4 is 0 Å². The normalized spacial score (nSPS) is 22.9. The summed E-state index contributed by atoms with van der Waals surface area (Å²) in [6.45, 7) is 4.73. The lowest BCUT2D eigenvalue weighted by Crippen LogP contribution is -2.43. The van der Waals surface area contributed by atoms with Gasteiger partial charge in [-0.25, -0.2) is 4.79 Å². The lowest BCUT2D eigenvalue weighted by molar-refractivity contribution is -0.156. The van der Waals surface area contributed by atoms with Crippen LogP contribution in [0.4, 0.5) is 0 Å². The molecule has 96 valence electrons. The number of carboxylic acid groups (broad SMARTS) is 1. The molecule has 5 nitrogen and oxygen atoms in total. The van der Waals surface area contributed by atoms with Crippen LogP contribution in [0, 0.1) is 5.92 Å². The number of hydrogen-bond acceptors (Lipinski definition) is 3. The molecule has 0 aromatic heterocycles. The molecule has 0 aromatic carbocycles. The van der Waals surface area contributed by atoms with Crippen molar-refractivity contribution in [2.24, 2.45) is 5.92 Å². The van der Waals surface area contributed by atoms with Crippen molar-refractivity contribution in [3.05, 3.63) is 0 Å². The predicted molar refractivity (Wildman–Crippen MR) is 62.6 cm³/mol. The van der Waals surface area contributed by atoms with Gasteiger partial charge in [-0.15, -0.1) is 0 Å². The van der Waals surface area contributed by atoms with E-state index >= 15 is 0 Å². The van der Waals surface area contributed by atoms with E-state index in [1.807, 2.05) is 0 Å². The molecule has 0 aromatic rings. The number of carbonyl (C=O) groups excluding carboxylic acids is 1. The summed E-state index contributed by atoms with van der Waals surface area (Å²) in [7, 11) is 0. The van der Waals surface area contributed by atoms with E-state index in [1.54, 1.807) is 0 Å². The van der Waals surface area contributed by atoms with Gasteiger partial charge in [0.15, 0.2) is 0 Å². The fraction of sp³-hybridized carbons (Fsp3) is 0.833. The van der Waals surface area contributed by atoms with Gasteiger partial charge in [-0.1, -0.05) is 0 Å². The molecule has 0 unspecified atom stereocenters. The number of piperidine rings is 1. The molecule has 5 heteroatoms. The second kappa shape index (κ2) is 5.49. The van der Waals surface area contributed by atoms with Crippen molar-refractivity contribution < 1.29 is 14.7 Å². The van der Waals surface area contributed by atoms with Gasteiger partial charge in [0, 0.05) is 19.6 Å². The molecule has 0 bridgehead atoms. The lowest BCUT2D eigenvalue weighted by atomic mass is 9.96. The van der Waals surface area contributed by atoms with Crippen molar-refractivity contribution in [2.45, 2.75) is 25.7 Å². The molecule has 0 atom stereocenters. The largest absolute Gasteiger partial charge is 0.474 e. The molecule has 2 rings (SSSR count). The quantitative estimate of drug-likeness (QED) is 0.710. The molecule has 2 heterocycles. The molecule has 1 N–H and O–H groups in total. The number of carbonyl (C=O) groups is 2. The Bertz CT molecular complexity index is 292. The third-order valence-electron chi connectivity index (χ3n) is 3.80. The Hall–Kier alpha value is -1.10. The minimum absolute atomic E-state index is 0.601. The topological polar surface area (TPSA) is 60.9 Å². The third kappa shape index (κ3) is 3.19. The Morgan fingerprint density at radius 1 is 1.06 bits per heavy atom. The minimum atomic E-state index is -1.33. The van der Waals surface area contributed by atoms with E-state index in [0.29, 0.717) is 19.0 Å². The van der Waals surface area contributed by atoms with E-state index in [2.05, 4.69) is 4.90 Å². The molecule has 0 radical (unpaired) electrons. The van der Waals surface area contributed by atoms with E-state index < -0.39 is 11.9 Å². The number of aliphatic carboxylic acids is 1. The fourth-order valence-electron chi connectivity index (χ4n) is 2.78. The van der Waals surface area contributed by atoms with Crippen molar-refractivity contribution in [3.63, 3.8) is 0 Å². The molecule has 2 aliphatic heterocycles. The van der Waals surface area contributed by atoms with Crippen molar-refractivity contribution in [2.75, 3.05) is 32.7 Å². The molecule has 0 saturated carbocycles. The second-order valence-electron chi connectivity index (χ2n) is 5.05. The van der Waals surface area contributed by atoms with Crippen LogP contribution in [0.25, 0.3) is 0 Å². The maximum Gasteiger partial charge on any atom is 0.394 e. The van der Waals surface area contributed by atoms with Crippen LogP contribution in [0.3, 0.4) is 0 Å². The van der Waals surface area contributed by atoms with Crippen LogP contribution in [0.2, 0.25) is 0 Å².